The van der Waals surface area contributed by atoms with Gasteiger partial charge < -0.3 is 14.5 Å². The van der Waals surface area contributed by atoms with Gasteiger partial charge in [0.2, 0.25) is 5.91 Å². The van der Waals surface area contributed by atoms with Crippen LogP contribution >= 0.6 is 0 Å². The van der Waals surface area contributed by atoms with Crippen LogP contribution in [0, 0.1) is 19.8 Å². The highest BCUT2D eigenvalue weighted by atomic mass is 16.5. The Morgan fingerprint density at radius 3 is 2.45 bits per heavy atom. The lowest BCUT2D eigenvalue weighted by Crippen LogP contribution is -2.39. The highest BCUT2D eigenvalue weighted by Gasteiger charge is 2.35. The monoisotopic (exact) mass is 308 g/mol. The predicted molar refractivity (Wildman–Crippen MR) is 80.5 cm³/mol. The lowest BCUT2D eigenvalue weighted by molar-refractivity contribution is -0.143. The zero-order valence-electron chi connectivity index (χ0n) is 13.6. The Hall–Kier alpha value is -1.85. The summed E-state index contributed by atoms with van der Waals surface area (Å²) in [6, 6.07) is 0.214. The number of nitrogens with zero attached hydrogens (tertiary/aromatic N) is 2. The van der Waals surface area contributed by atoms with E-state index in [-0.39, 0.29) is 24.4 Å². The zero-order chi connectivity index (χ0) is 16.4. The molecule has 1 amide bonds. The number of hydrogen-bond acceptors (Lipinski definition) is 4. The Bertz CT molecular complexity index is 543. The summed E-state index contributed by atoms with van der Waals surface area (Å²) < 4.78 is 5.16. The van der Waals surface area contributed by atoms with Crippen LogP contribution in [0.4, 0.5) is 0 Å². The maximum Gasteiger partial charge on any atom is 0.308 e. The summed E-state index contributed by atoms with van der Waals surface area (Å²) in [6.45, 7) is 7.63. The number of carboxylic acids is 1. The number of aromatic nitrogens is 1. The first-order chi connectivity index (χ1) is 10.3. The van der Waals surface area contributed by atoms with Gasteiger partial charge in [0.05, 0.1) is 11.6 Å². The third-order valence-electron chi connectivity index (χ3n) is 4.26. The minimum Gasteiger partial charge on any atom is -0.481 e. The number of carbonyl (C=O) groups is 2. The standard InChI is InChI=1S/C16H24N2O4/c1-9(15-11(3)17-22-12(15)4)7-14(19)18(13-5-6-13)8-10(2)16(20)21/h9-10,13H,5-8H2,1-4H3,(H,20,21). The molecule has 1 saturated carbocycles. The maximum absolute atomic E-state index is 12.6. The van der Waals surface area contributed by atoms with Gasteiger partial charge in [0.25, 0.3) is 0 Å². The molecule has 6 heteroatoms. The normalized spacial score (nSPS) is 17.1. The fraction of sp³-hybridized carbons (Fsp3) is 0.688. The largest absolute Gasteiger partial charge is 0.481 e. The second-order valence-electron chi connectivity index (χ2n) is 6.36. The van der Waals surface area contributed by atoms with E-state index in [0.717, 1.165) is 29.9 Å². The molecular formula is C16H24N2O4. The topological polar surface area (TPSA) is 83.6 Å². The second-order valence-corrected chi connectivity index (χ2v) is 6.36. The number of rotatable bonds is 7. The minimum absolute atomic E-state index is 0.0140. The quantitative estimate of drug-likeness (QED) is 0.836. The first kappa shape index (κ1) is 16.5. The molecule has 0 radical (unpaired) electrons. The van der Waals surface area contributed by atoms with Gasteiger partial charge in [-0.3, -0.25) is 9.59 Å². The molecule has 1 aromatic heterocycles. The first-order valence-corrected chi connectivity index (χ1v) is 7.76. The fourth-order valence-electron chi connectivity index (χ4n) is 2.89. The molecular weight excluding hydrogens is 284 g/mol. The lowest BCUT2D eigenvalue weighted by atomic mass is 9.95. The number of aliphatic carboxylic acids is 1. The molecule has 0 saturated heterocycles. The molecule has 1 fully saturated rings. The molecule has 2 unspecified atom stereocenters. The molecule has 2 atom stereocenters. The Labute approximate surface area is 130 Å². The van der Waals surface area contributed by atoms with E-state index in [9.17, 15) is 9.59 Å². The molecule has 122 valence electrons. The molecule has 0 aromatic carbocycles. The van der Waals surface area contributed by atoms with E-state index in [1.54, 1.807) is 11.8 Å². The molecule has 0 spiro atoms. The summed E-state index contributed by atoms with van der Waals surface area (Å²) in [5, 5.41) is 13.0. The Balaban J connectivity index is 2.03. The van der Waals surface area contributed by atoms with Crippen LogP contribution in [-0.2, 0) is 9.59 Å². The third kappa shape index (κ3) is 3.67. The smallest absolute Gasteiger partial charge is 0.308 e. The van der Waals surface area contributed by atoms with Crippen LogP contribution in [0.5, 0.6) is 0 Å². The predicted octanol–water partition coefficient (Wildman–Crippen LogP) is 2.50. The number of carboxylic acid groups (broad SMARTS) is 1. The molecule has 0 aliphatic heterocycles. The van der Waals surface area contributed by atoms with E-state index >= 15 is 0 Å². The van der Waals surface area contributed by atoms with Crippen LogP contribution in [0.2, 0.25) is 0 Å². The van der Waals surface area contributed by atoms with E-state index in [4.69, 9.17) is 9.63 Å². The molecule has 2 rings (SSSR count). The Kier molecular flexibility index (Phi) is 4.88. The average Bonchev–Trinajstić information content (AvgIpc) is 3.21. The van der Waals surface area contributed by atoms with Crippen LogP contribution in [0.15, 0.2) is 4.52 Å². The molecule has 1 aliphatic carbocycles. The van der Waals surface area contributed by atoms with Crippen molar-refractivity contribution in [3.05, 3.63) is 17.0 Å². The van der Waals surface area contributed by atoms with Crippen molar-refractivity contribution in [2.45, 2.75) is 58.9 Å². The van der Waals surface area contributed by atoms with Gasteiger partial charge in [0.15, 0.2) is 0 Å². The molecule has 1 aliphatic rings. The van der Waals surface area contributed by atoms with Crippen molar-refractivity contribution in [3.8, 4) is 0 Å². The molecule has 1 heterocycles. The van der Waals surface area contributed by atoms with Crippen LogP contribution in [0.3, 0.4) is 0 Å². The van der Waals surface area contributed by atoms with Crippen LogP contribution < -0.4 is 0 Å². The van der Waals surface area contributed by atoms with Crippen LogP contribution in [-0.4, -0.2) is 39.6 Å². The number of amides is 1. The molecule has 0 bridgehead atoms. The second kappa shape index (κ2) is 6.50. The van der Waals surface area contributed by atoms with Gasteiger partial charge in [-0.1, -0.05) is 19.0 Å². The van der Waals surface area contributed by atoms with Gasteiger partial charge in [-0.25, -0.2) is 0 Å². The number of aryl methyl sites for hydroxylation is 2. The van der Waals surface area contributed by atoms with Gasteiger partial charge in [-0.2, -0.15) is 0 Å². The van der Waals surface area contributed by atoms with E-state index in [1.807, 2.05) is 20.8 Å². The van der Waals surface area contributed by atoms with Gasteiger partial charge in [-0.05, 0) is 32.6 Å². The number of hydrogen-bond donors (Lipinski definition) is 1. The van der Waals surface area contributed by atoms with Crippen LogP contribution in [0.25, 0.3) is 0 Å². The van der Waals surface area contributed by atoms with E-state index < -0.39 is 11.9 Å². The van der Waals surface area contributed by atoms with Crippen molar-refractivity contribution >= 4 is 11.9 Å². The minimum atomic E-state index is -0.864. The fourth-order valence-corrected chi connectivity index (χ4v) is 2.89. The van der Waals surface area contributed by atoms with Crippen molar-refractivity contribution in [2.24, 2.45) is 5.92 Å². The molecule has 22 heavy (non-hydrogen) atoms. The molecule has 6 nitrogen and oxygen atoms in total. The summed E-state index contributed by atoms with van der Waals surface area (Å²) in [5.41, 5.74) is 1.80. The Morgan fingerprint density at radius 1 is 1.36 bits per heavy atom. The van der Waals surface area contributed by atoms with E-state index in [2.05, 4.69) is 5.16 Å². The van der Waals surface area contributed by atoms with Gasteiger partial charge >= 0.3 is 5.97 Å². The van der Waals surface area contributed by atoms with Gasteiger partial charge in [-0.15, -0.1) is 0 Å². The summed E-state index contributed by atoms with van der Waals surface area (Å²) >= 11 is 0. The van der Waals surface area contributed by atoms with Crippen molar-refractivity contribution in [1.29, 1.82) is 0 Å². The average molecular weight is 308 g/mol. The van der Waals surface area contributed by atoms with Crippen molar-refractivity contribution in [2.75, 3.05) is 6.54 Å². The van der Waals surface area contributed by atoms with Crippen molar-refractivity contribution < 1.29 is 19.2 Å². The summed E-state index contributed by atoms with van der Waals surface area (Å²) in [6.07, 6.45) is 2.29. The van der Waals surface area contributed by atoms with Gasteiger partial charge in [0.1, 0.15) is 5.76 Å². The lowest BCUT2D eigenvalue weighted by Gasteiger charge is -2.25. The van der Waals surface area contributed by atoms with Crippen molar-refractivity contribution in [3.63, 3.8) is 0 Å². The van der Waals surface area contributed by atoms with E-state index in [1.165, 1.54) is 0 Å². The first-order valence-electron chi connectivity index (χ1n) is 7.76. The molecule has 1 N–H and O–H groups in total. The molecule has 1 aromatic rings. The zero-order valence-corrected chi connectivity index (χ0v) is 13.6. The van der Waals surface area contributed by atoms with Gasteiger partial charge in [0, 0.05) is 24.6 Å². The summed E-state index contributed by atoms with van der Waals surface area (Å²) in [4.78, 5) is 25.4. The van der Waals surface area contributed by atoms with Crippen LogP contribution in [0.1, 0.15) is 56.0 Å². The van der Waals surface area contributed by atoms with E-state index in [0.29, 0.717) is 6.42 Å². The highest BCUT2D eigenvalue weighted by molar-refractivity contribution is 5.79. The highest BCUT2D eigenvalue weighted by Crippen LogP contribution is 2.31. The SMILES string of the molecule is Cc1noc(C)c1C(C)CC(=O)N(CC(C)C(=O)O)C1CC1. The Morgan fingerprint density at radius 2 is 2.00 bits per heavy atom. The summed E-state index contributed by atoms with van der Waals surface area (Å²) in [7, 11) is 0. The third-order valence-corrected chi connectivity index (χ3v) is 4.26. The summed E-state index contributed by atoms with van der Waals surface area (Å²) in [5.74, 6) is -0.631. The maximum atomic E-state index is 12.6. The van der Waals surface area contributed by atoms with Crippen molar-refractivity contribution in [1.82, 2.24) is 10.1 Å². The number of carbonyl (C=O) groups excluding carboxylic acids is 1.